The van der Waals surface area contributed by atoms with Gasteiger partial charge < -0.3 is 0 Å². The second-order valence-electron chi connectivity index (χ2n) is 7.13. The van der Waals surface area contributed by atoms with Gasteiger partial charge in [-0.1, -0.05) is 70.7 Å². The van der Waals surface area contributed by atoms with Gasteiger partial charge in [-0.25, -0.2) is 0 Å². The van der Waals surface area contributed by atoms with Crippen molar-refractivity contribution < 1.29 is 0 Å². The molecule has 0 heteroatoms. The molecular weight excluding hydrogens is 216 g/mol. The molecule has 0 bridgehead atoms. The minimum absolute atomic E-state index is 0.351. The first kappa shape index (κ1) is 13.6. The van der Waals surface area contributed by atoms with E-state index < -0.39 is 0 Å². The average Bonchev–Trinajstić information content (AvgIpc) is 2.47. The predicted octanol–water partition coefficient (Wildman–Crippen LogP) is 5.51. The zero-order chi connectivity index (χ0) is 13.4. The summed E-state index contributed by atoms with van der Waals surface area (Å²) in [7, 11) is 0. The van der Waals surface area contributed by atoms with E-state index in [0.29, 0.717) is 10.8 Å². The van der Waals surface area contributed by atoms with E-state index in [9.17, 15) is 0 Å². The Bertz CT molecular complexity index is 428. The Morgan fingerprint density at radius 1 is 1.06 bits per heavy atom. The van der Waals surface area contributed by atoms with E-state index in [1.54, 1.807) is 11.1 Å². The third-order valence-electron chi connectivity index (χ3n) is 4.72. The van der Waals surface area contributed by atoms with Crippen LogP contribution in [-0.4, -0.2) is 0 Å². The summed E-state index contributed by atoms with van der Waals surface area (Å²) in [6, 6.07) is 7.09. The van der Waals surface area contributed by atoms with Crippen LogP contribution in [0.2, 0.25) is 0 Å². The number of hydrogen-bond acceptors (Lipinski definition) is 0. The molecule has 100 valence electrons. The van der Waals surface area contributed by atoms with Crippen molar-refractivity contribution in [1.82, 2.24) is 0 Å². The number of benzene rings is 1. The SMILES string of the molecule is CCCCCC1(C)CC(C)(C)c2ccc(C)cc21. The molecule has 18 heavy (non-hydrogen) atoms. The standard InChI is InChI=1S/C18H28/c1-6-7-8-11-18(5)13-17(3,4)15-10-9-14(2)12-16(15)18/h9-10,12H,6-8,11,13H2,1-5H3. The summed E-state index contributed by atoms with van der Waals surface area (Å²) in [6.45, 7) is 11.8. The Kier molecular flexibility index (Phi) is 3.58. The summed E-state index contributed by atoms with van der Waals surface area (Å²) in [5, 5.41) is 0. The largest absolute Gasteiger partial charge is 0.0654 e. The first-order valence-corrected chi connectivity index (χ1v) is 7.51. The van der Waals surface area contributed by atoms with Crippen LogP contribution in [0.15, 0.2) is 18.2 Å². The molecule has 1 aliphatic rings. The van der Waals surface area contributed by atoms with Gasteiger partial charge in [0.15, 0.2) is 0 Å². The molecule has 0 N–H and O–H groups in total. The topological polar surface area (TPSA) is 0 Å². The molecule has 2 rings (SSSR count). The minimum Gasteiger partial charge on any atom is -0.0654 e. The summed E-state index contributed by atoms with van der Waals surface area (Å²) in [6.07, 6.45) is 6.72. The molecule has 0 aliphatic heterocycles. The maximum absolute atomic E-state index is 2.48. The molecule has 0 fully saturated rings. The van der Waals surface area contributed by atoms with Crippen molar-refractivity contribution >= 4 is 0 Å². The molecule has 0 heterocycles. The van der Waals surface area contributed by atoms with E-state index in [1.165, 1.54) is 37.7 Å². The number of hydrogen-bond donors (Lipinski definition) is 0. The zero-order valence-electron chi connectivity index (χ0n) is 12.8. The normalized spacial score (nSPS) is 25.2. The molecule has 0 saturated carbocycles. The lowest BCUT2D eigenvalue weighted by Gasteiger charge is -2.28. The van der Waals surface area contributed by atoms with Crippen molar-refractivity contribution in [2.24, 2.45) is 0 Å². The van der Waals surface area contributed by atoms with Crippen molar-refractivity contribution in [2.75, 3.05) is 0 Å². The maximum Gasteiger partial charge on any atom is -0.00640 e. The van der Waals surface area contributed by atoms with Crippen LogP contribution in [0.25, 0.3) is 0 Å². The fourth-order valence-electron chi connectivity index (χ4n) is 3.90. The third kappa shape index (κ3) is 2.35. The van der Waals surface area contributed by atoms with Crippen LogP contribution in [0.5, 0.6) is 0 Å². The molecule has 0 amide bonds. The first-order valence-electron chi connectivity index (χ1n) is 7.51. The summed E-state index contributed by atoms with van der Waals surface area (Å²) in [4.78, 5) is 0. The summed E-state index contributed by atoms with van der Waals surface area (Å²) >= 11 is 0. The van der Waals surface area contributed by atoms with Crippen LogP contribution in [0.4, 0.5) is 0 Å². The van der Waals surface area contributed by atoms with Crippen LogP contribution >= 0.6 is 0 Å². The minimum atomic E-state index is 0.351. The number of aryl methyl sites for hydroxylation is 1. The second kappa shape index (κ2) is 4.72. The maximum atomic E-state index is 2.48. The molecule has 1 aromatic rings. The Morgan fingerprint density at radius 3 is 2.44 bits per heavy atom. The van der Waals surface area contributed by atoms with Gasteiger partial charge in [-0.3, -0.25) is 0 Å². The number of fused-ring (bicyclic) bond motifs is 1. The van der Waals surface area contributed by atoms with Gasteiger partial charge in [0.05, 0.1) is 0 Å². The molecule has 1 aromatic carbocycles. The molecule has 0 spiro atoms. The number of rotatable bonds is 4. The van der Waals surface area contributed by atoms with E-state index >= 15 is 0 Å². The van der Waals surface area contributed by atoms with Crippen molar-refractivity contribution in [3.8, 4) is 0 Å². The molecule has 0 radical (unpaired) electrons. The zero-order valence-corrected chi connectivity index (χ0v) is 12.8. The molecule has 1 atom stereocenters. The molecule has 0 saturated heterocycles. The van der Waals surface area contributed by atoms with Crippen LogP contribution in [0, 0.1) is 6.92 Å². The van der Waals surface area contributed by atoms with E-state index in [4.69, 9.17) is 0 Å². The Balaban J connectivity index is 2.33. The second-order valence-corrected chi connectivity index (χ2v) is 7.13. The predicted molar refractivity (Wildman–Crippen MR) is 80.3 cm³/mol. The Labute approximate surface area is 113 Å². The quantitative estimate of drug-likeness (QED) is 0.612. The lowest BCUT2D eigenvalue weighted by molar-refractivity contribution is 0.344. The summed E-state index contributed by atoms with van der Waals surface area (Å²) in [5.74, 6) is 0. The van der Waals surface area contributed by atoms with E-state index in [0.717, 1.165) is 0 Å². The monoisotopic (exact) mass is 244 g/mol. The molecule has 0 aromatic heterocycles. The highest BCUT2D eigenvalue weighted by Gasteiger charge is 2.43. The molecule has 1 aliphatic carbocycles. The molecular formula is C18H28. The lowest BCUT2D eigenvalue weighted by Crippen LogP contribution is -2.22. The smallest absolute Gasteiger partial charge is 0.00640 e. The van der Waals surface area contributed by atoms with E-state index in [2.05, 4.69) is 52.8 Å². The van der Waals surface area contributed by atoms with E-state index in [1.807, 2.05) is 0 Å². The fourth-order valence-corrected chi connectivity index (χ4v) is 3.90. The first-order chi connectivity index (χ1) is 8.39. The highest BCUT2D eigenvalue weighted by molar-refractivity contribution is 5.46. The van der Waals surface area contributed by atoms with Gasteiger partial charge in [0.2, 0.25) is 0 Å². The van der Waals surface area contributed by atoms with Crippen LogP contribution in [-0.2, 0) is 10.8 Å². The average molecular weight is 244 g/mol. The van der Waals surface area contributed by atoms with Gasteiger partial charge >= 0.3 is 0 Å². The molecule has 0 nitrogen and oxygen atoms in total. The highest BCUT2D eigenvalue weighted by Crippen LogP contribution is 2.51. The summed E-state index contributed by atoms with van der Waals surface area (Å²) < 4.78 is 0. The Hall–Kier alpha value is -0.780. The highest BCUT2D eigenvalue weighted by atomic mass is 14.5. The van der Waals surface area contributed by atoms with Crippen LogP contribution < -0.4 is 0 Å². The van der Waals surface area contributed by atoms with Gasteiger partial charge in [-0.15, -0.1) is 0 Å². The van der Waals surface area contributed by atoms with Crippen molar-refractivity contribution in [2.45, 2.75) is 77.6 Å². The lowest BCUT2D eigenvalue weighted by atomic mass is 9.76. The van der Waals surface area contributed by atoms with Crippen molar-refractivity contribution in [1.29, 1.82) is 0 Å². The van der Waals surface area contributed by atoms with Gasteiger partial charge in [0, 0.05) is 0 Å². The fraction of sp³-hybridized carbons (Fsp3) is 0.667. The van der Waals surface area contributed by atoms with Gasteiger partial charge in [-0.2, -0.15) is 0 Å². The summed E-state index contributed by atoms with van der Waals surface area (Å²) in [5.41, 5.74) is 5.38. The van der Waals surface area contributed by atoms with Gasteiger partial charge in [0.25, 0.3) is 0 Å². The molecule has 1 unspecified atom stereocenters. The van der Waals surface area contributed by atoms with Gasteiger partial charge in [0.1, 0.15) is 0 Å². The van der Waals surface area contributed by atoms with Crippen molar-refractivity contribution in [3.63, 3.8) is 0 Å². The van der Waals surface area contributed by atoms with Gasteiger partial charge in [-0.05, 0) is 41.7 Å². The Morgan fingerprint density at radius 2 is 1.78 bits per heavy atom. The third-order valence-corrected chi connectivity index (χ3v) is 4.72. The van der Waals surface area contributed by atoms with E-state index in [-0.39, 0.29) is 0 Å². The van der Waals surface area contributed by atoms with Crippen LogP contribution in [0.1, 0.15) is 76.5 Å². The van der Waals surface area contributed by atoms with Crippen molar-refractivity contribution in [3.05, 3.63) is 34.9 Å². The number of unbranched alkanes of at least 4 members (excludes halogenated alkanes) is 2. The van der Waals surface area contributed by atoms with Crippen LogP contribution in [0.3, 0.4) is 0 Å².